The number of nitrogens with zero attached hydrogens (tertiary/aromatic N) is 2. The Morgan fingerprint density at radius 3 is 1.10 bits per heavy atom. The second kappa shape index (κ2) is 14.1. The Kier molecular flexibility index (Phi) is 8.89. The van der Waals surface area contributed by atoms with Gasteiger partial charge in [-0.3, -0.25) is 0 Å². The maximum absolute atomic E-state index is 2.35. The number of para-hydroxylation sites is 1. The third-order valence-corrected chi connectivity index (χ3v) is 9.76. The molecule has 252 valence electrons. The van der Waals surface area contributed by atoms with E-state index in [9.17, 15) is 0 Å². The Labute approximate surface area is 307 Å². The van der Waals surface area contributed by atoms with Crippen molar-refractivity contribution < 1.29 is 0 Å². The van der Waals surface area contributed by atoms with Gasteiger partial charge >= 0.3 is 0 Å². The Bertz CT molecular complexity index is 2470. The molecular weight excluding hydrogens is 629 g/mol. The molecule has 0 spiro atoms. The summed E-state index contributed by atoms with van der Waals surface area (Å²) >= 11 is 0. The first-order valence-electron chi connectivity index (χ1n) is 18.0. The molecule has 0 saturated heterocycles. The van der Waals surface area contributed by atoms with E-state index in [1.165, 1.54) is 27.1 Å². The van der Waals surface area contributed by atoms with Gasteiger partial charge in [-0.15, -0.1) is 0 Å². The largest absolute Gasteiger partial charge is 0.310 e. The molecule has 8 aromatic carbocycles. The van der Waals surface area contributed by atoms with Crippen molar-refractivity contribution in [2.24, 2.45) is 0 Å². The SMILES string of the molecule is CC(C)(C)c1ccc(N(c2ccc(/C=C/c3ccc(N(c4ccccc4)c4ccc5ccccc5c4)cc3)cc2)c2ccc3ccccc3c2)cc1. The molecule has 52 heavy (non-hydrogen) atoms. The summed E-state index contributed by atoms with van der Waals surface area (Å²) in [4.78, 5) is 4.66. The van der Waals surface area contributed by atoms with Crippen LogP contribution in [0.15, 0.2) is 188 Å². The van der Waals surface area contributed by atoms with Gasteiger partial charge in [0, 0.05) is 34.1 Å². The molecule has 0 aliphatic rings. The first-order valence-corrected chi connectivity index (χ1v) is 18.0. The van der Waals surface area contributed by atoms with Crippen LogP contribution in [-0.2, 0) is 5.41 Å². The van der Waals surface area contributed by atoms with Crippen LogP contribution in [0.5, 0.6) is 0 Å². The van der Waals surface area contributed by atoms with Gasteiger partial charge in [0.15, 0.2) is 0 Å². The zero-order chi connectivity index (χ0) is 35.5. The Morgan fingerprint density at radius 2 is 0.673 bits per heavy atom. The summed E-state index contributed by atoms with van der Waals surface area (Å²) in [5, 5.41) is 4.93. The second-order valence-corrected chi connectivity index (χ2v) is 14.4. The standard InChI is InChI=1S/C50H42N2/c1-50(2,3)43-25-33-47(34-26-43)52(49-32-24-40-12-8-10-14-42(40)36-49)46-29-21-38(22-30-46)18-17-37-19-27-45(28-20-37)51(44-15-5-4-6-16-44)48-31-23-39-11-7-9-13-41(39)35-48/h4-36H,1-3H3/b18-17+. The highest BCUT2D eigenvalue weighted by Crippen LogP contribution is 2.38. The lowest BCUT2D eigenvalue weighted by atomic mass is 9.87. The second-order valence-electron chi connectivity index (χ2n) is 14.4. The van der Waals surface area contributed by atoms with Crippen LogP contribution >= 0.6 is 0 Å². The first kappa shape index (κ1) is 32.8. The van der Waals surface area contributed by atoms with Gasteiger partial charge in [0.1, 0.15) is 0 Å². The summed E-state index contributed by atoms with van der Waals surface area (Å²) in [6.07, 6.45) is 4.38. The molecule has 0 fully saturated rings. The van der Waals surface area contributed by atoms with Gasteiger partial charge in [-0.25, -0.2) is 0 Å². The fourth-order valence-corrected chi connectivity index (χ4v) is 6.88. The number of benzene rings is 8. The van der Waals surface area contributed by atoms with Gasteiger partial charge < -0.3 is 9.80 Å². The van der Waals surface area contributed by atoms with Crippen LogP contribution < -0.4 is 9.80 Å². The van der Waals surface area contributed by atoms with E-state index >= 15 is 0 Å². The quantitative estimate of drug-likeness (QED) is 0.148. The van der Waals surface area contributed by atoms with Crippen molar-refractivity contribution >= 4 is 67.8 Å². The maximum Gasteiger partial charge on any atom is 0.0468 e. The molecule has 0 saturated carbocycles. The van der Waals surface area contributed by atoms with E-state index in [-0.39, 0.29) is 5.41 Å². The van der Waals surface area contributed by atoms with Crippen molar-refractivity contribution in [3.05, 3.63) is 205 Å². The maximum atomic E-state index is 2.35. The minimum atomic E-state index is 0.0963. The van der Waals surface area contributed by atoms with E-state index in [2.05, 4.69) is 231 Å². The van der Waals surface area contributed by atoms with Crippen molar-refractivity contribution in [2.45, 2.75) is 26.2 Å². The molecule has 2 nitrogen and oxygen atoms in total. The van der Waals surface area contributed by atoms with E-state index in [1.807, 2.05) is 0 Å². The highest BCUT2D eigenvalue weighted by Gasteiger charge is 2.17. The Balaban J connectivity index is 1.06. The topological polar surface area (TPSA) is 6.48 Å². The molecule has 0 atom stereocenters. The van der Waals surface area contributed by atoms with Crippen LogP contribution in [0.25, 0.3) is 33.7 Å². The van der Waals surface area contributed by atoms with Crippen LogP contribution in [0.4, 0.5) is 34.1 Å². The number of fused-ring (bicyclic) bond motifs is 2. The van der Waals surface area contributed by atoms with Crippen molar-refractivity contribution in [2.75, 3.05) is 9.80 Å². The third kappa shape index (κ3) is 6.97. The van der Waals surface area contributed by atoms with E-state index in [0.717, 1.165) is 45.3 Å². The normalized spacial score (nSPS) is 11.7. The Hall–Kier alpha value is -6.38. The zero-order valence-corrected chi connectivity index (χ0v) is 29.9. The highest BCUT2D eigenvalue weighted by molar-refractivity contribution is 5.91. The van der Waals surface area contributed by atoms with Crippen molar-refractivity contribution in [3.63, 3.8) is 0 Å². The fraction of sp³-hybridized carbons (Fsp3) is 0.0800. The molecule has 0 aliphatic heterocycles. The molecule has 0 heterocycles. The van der Waals surface area contributed by atoms with Gasteiger partial charge in [-0.05, 0) is 116 Å². The van der Waals surface area contributed by atoms with Gasteiger partial charge in [-0.2, -0.15) is 0 Å². The lowest BCUT2D eigenvalue weighted by Gasteiger charge is -2.27. The van der Waals surface area contributed by atoms with Crippen molar-refractivity contribution in [3.8, 4) is 0 Å². The predicted molar refractivity (Wildman–Crippen MR) is 225 cm³/mol. The average molecular weight is 671 g/mol. The predicted octanol–water partition coefficient (Wildman–Crippen LogP) is 14.4. The summed E-state index contributed by atoms with van der Waals surface area (Å²) in [5.41, 5.74) is 10.5. The number of hydrogen-bond acceptors (Lipinski definition) is 2. The lowest BCUT2D eigenvalue weighted by Crippen LogP contribution is -2.13. The summed E-state index contributed by atoms with van der Waals surface area (Å²) in [7, 11) is 0. The molecule has 0 radical (unpaired) electrons. The minimum Gasteiger partial charge on any atom is -0.310 e. The summed E-state index contributed by atoms with van der Waals surface area (Å²) in [5.74, 6) is 0. The summed E-state index contributed by atoms with van der Waals surface area (Å²) in [6.45, 7) is 6.78. The van der Waals surface area contributed by atoms with Gasteiger partial charge in [0.05, 0.1) is 0 Å². The fourth-order valence-electron chi connectivity index (χ4n) is 6.88. The smallest absolute Gasteiger partial charge is 0.0468 e. The van der Waals surface area contributed by atoms with Crippen LogP contribution in [0.3, 0.4) is 0 Å². The minimum absolute atomic E-state index is 0.0963. The average Bonchev–Trinajstić information content (AvgIpc) is 3.18. The van der Waals surface area contributed by atoms with E-state index in [1.54, 1.807) is 0 Å². The molecular formula is C50H42N2. The van der Waals surface area contributed by atoms with Crippen LogP contribution in [-0.4, -0.2) is 0 Å². The number of rotatable bonds is 8. The molecule has 0 bridgehead atoms. The summed E-state index contributed by atoms with van der Waals surface area (Å²) in [6, 6.07) is 67.7. The molecule has 8 aromatic rings. The molecule has 0 amide bonds. The number of hydrogen-bond donors (Lipinski definition) is 0. The van der Waals surface area contributed by atoms with Gasteiger partial charge in [-0.1, -0.05) is 148 Å². The monoisotopic (exact) mass is 670 g/mol. The van der Waals surface area contributed by atoms with Crippen molar-refractivity contribution in [1.29, 1.82) is 0 Å². The van der Waals surface area contributed by atoms with Crippen LogP contribution in [0.1, 0.15) is 37.5 Å². The first-order chi connectivity index (χ1) is 25.4. The molecule has 0 unspecified atom stereocenters. The molecule has 0 aromatic heterocycles. The molecule has 8 rings (SSSR count). The highest BCUT2D eigenvalue weighted by atomic mass is 15.1. The van der Waals surface area contributed by atoms with Crippen LogP contribution in [0, 0.1) is 0 Å². The third-order valence-electron chi connectivity index (χ3n) is 9.76. The zero-order valence-electron chi connectivity index (χ0n) is 29.9. The molecule has 2 heteroatoms. The van der Waals surface area contributed by atoms with E-state index in [0.29, 0.717) is 0 Å². The Morgan fingerprint density at radius 1 is 0.327 bits per heavy atom. The molecule has 0 aliphatic carbocycles. The lowest BCUT2D eigenvalue weighted by molar-refractivity contribution is 0.590. The van der Waals surface area contributed by atoms with Crippen molar-refractivity contribution in [1.82, 2.24) is 0 Å². The van der Waals surface area contributed by atoms with E-state index in [4.69, 9.17) is 0 Å². The molecule has 0 N–H and O–H groups in total. The van der Waals surface area contributed by atoms with E-state index < -0.39 is 0 Å². The summed E-state index contributed by atoms with van der Waals surface area (Å²) < 4.78 is 0. The number of anilines is 6. The van der Waals surface area contributed by atoms with Gasteiger partial charge in [0.2, 0.25) is 0 Å². The van der Waals surface area contributed by atoms with Crippen LogP contribution in [0.2, 0.25) is 0 Å². The van der Waals surface area contributed by atoms with Gasteiger partial charge in [0.25, 0.3) is 0 Å².